The van der Waals surface area contributed by atoms with Crippen LogP contribution >= 0.6 is 34.0 Å². The van der Waals surface area contributed by atoms with Gasteiger partial charge in [0.15, 0.2) is 17.5 Å². The van der Waals surface area contributed by atoms with E-state index in [2.05, 4.69) is 485 Å². The van der Waals surface area contributed by atoms with E-state index in [1.54, 1.807) is 34.0 Å². The lowest BCUT2D eigenvalue weighted by atomic mass is 9.94. The SMILES string of the molecule is c1ccc(-c2ccc(-c3nc(-c4cc(-c5ccccc5)cc(-c5ccccc5)c4)c4c(n3)sc3ccccc34)cc2)cc1.c1ccc(-c2cccc(-c3cccc(-c4nc(-c5cc(-c6ccccc6)cc(-c6ccccc6)c5)nc5sc6ccccc6c45)c3)c2)cc1.c1ccc(-c2cccc(-c3nc(-c4cc(-c5ccccc5)cc(-c5ccccc5)c4)c4c(n3)sc3ccccc34)c2)cc1. The maximum atomic E-state index is 5.43. The minimum absolute atomic E-state index is 0.723. The molecule has 0 atom stereocenters. The molecule has 135 heavy (non-hydrogen) atoms. The van der Waals surface area contributed by atoms with E-state index in [1.165, 1.54) is 85.9 Å². The highest BCUT2D eigenvalue weighted by Gasteiger charge is 2.24. The van der Waals surface area contributed by atoms with Gasteiger partial charge < -0.3 is 0 Å². The van der Waals surface area contributed by atoms with Crippen molar-refractivity contribution in [3.63, 3.8) is 0 Å². The second kappa shape index (κ2) is 37.1. The molecule has 6 heterocycles. The van der Waals surface area contributed by atoms with Crippen LogP contribution < -0.4 is 0 Å². The fourth-order valence-corrected chi connectivity index (χ4v) is 21.4. The average molecular weight is 1780 g/mol. The van der Waals surface area contributed by atoms with Crippen LogP contribution in [-0.4, -0.2) is 29.9 Å². The molecular weight excluding hydrogens is 1690 g/mol. The third-order valence-electron chi connectivity index (χ3n) is 24.9. The molecule has 0 saturated carbocycles. The van der Waals surface area contributed by atoms with Gasteiger partial charge in [-0.1, -0.05) is 406 Å². The van der Waals surface area contributed by atoms with Crippen molar-refractivity contribution in [2.45, 2.75) is 0 Å². The monoisotopic (exact) mass is 1770 g/mol. The van der Waals surface area contributed by atoms with E-state index in [4.69, 9.17) is 29.9 Å². The normalized spacial score (nSPS) is 11.3. The molecule has 0 amide bonds. The van der Waals surface area contributed by atoms with Crippen LogP contribution in [-0.2, 0) is 0 Å². The highest BCUT2D eigenvalue weighted by molar-refractivity contribution is 7.26. The van der Waals surface area contributed by atoms with Gasteiger partial charge in [-0.25, -0.2) is 29.9 Å². The smallest absolute Gasteiger partial charge is 0.161 e. The largest absolute Gasteiger partial charge is 0.227 e. The molecule has 0 fully saturated rings. The highest BCUT2D eigenvalue weighted by atomic mass is 32.1. The number of rotatable bonds is 16. The Balaban J connectivity index is 0.000000114. The van der Waals surface area contributed by atoms with E-state index in [-0.39, 0.29) is 0 Å². The summed E-state index contributed by atoms with van der Waals surface area (Å²) >= 11 is 5.19. The molecular formula is C126H82N6S3. The average Bonchev–Trinajstić information content (AvgIpc) is 1.63. The summed E-state index contributed by atoms with van der Waals surface area (Å²) in [5.41, 5.74) is 32.5. The molecule has 0 aliphatic heterocycles. The number of benzene rings is 19. The molecule has 0 unspecified atom stereocenters. The Morgan fingerprint density at radius 3 is 0.622 bits per heavy atom. The molecule has 0 radical (unpaired) electrons. The minimum Gasteiger partial charge on any atom is -0.227 e. The van der Waals surface area contributed by atoms with Crippen molar-refractivity contribution in [3.05, 3.63) is 497 Å². The van der Waals surface area contributed by atoms with Crippen LogP contribution in [0.25, 0.3) is 240 Å². The molecule has 0 aliphatic carbocycles. The summed E-state index contributed by atoms with van der Waals surface area (Å²) in [7, 11) is 0. The summed E-state index contributed by atoms with van der Waals surface area (Å²) in [4.78, 5) is 34.7. The molecule has 19 aromatic carbocycles. The van der Waals surface area contributed by atoms with Crippen molar-refractivity contribution < 1.29 is 0 Å². The summed E-state index contributed by atoms with van der Waals surface area (Å²) < 4.78 is 3.64. The number of thiophene rings is 3. The Hall–Kier alpha value is -16.9. The standard InChI is InChI=1S/C46H30N2S.2C40H26N2S/c1-4-14-31(15-5-1)34-20-12-21-35(26-34)36-22-13-23-37(27-36)44-43-41-24-10-11-25-42(41)49-46(43)48-45(47-44)40-29-38(32-16-6-2-7-17-32)28-39(30-40)33-18-8-3-9-19-33;1-4-13-27(14-5-1)30-19-12-20-31(23-30)39-41-38(37-35-21-10-11-22-36(35)43-40(37)42-39)34-25-32(28-15-6-2-7-16-28)24-33(26-34)29-17-8-3-9-18-29;1-4-12-27(13-5-1)30-20-22-31(23-21-30)39-41-38(37-35-18-10-11-19-36(35)43-40(37)42-39)34-25-32(28-14-6-2-7-15-28)24-33(26-34)29-16-8-3-9-17-29/h1-30H;2*1-26H. The van der Waals surface area contributed by atoms with Crippen LogP contribution in [0.5, 0.6) is 0 Å². The predicted molar refractivity (Wildman–Crippen MR) is 572 cm³/mol. The highest BCUT2D eigenvalue weighted by Crippen LogP contribution is 2.47. The van der Waals surface area contributed by atoms with E-state index >= 15 is 0 Å². The van der Waals surface area contributed by atoms with Gasteiger partial charge in [-0.3, -0.25) is 0 Å². The van der Waals surface area contributed by atoms with Crippen LogP contribution in [0.1, 0.15) is 0 Å². The minimum atomic E-state index is 0.723. The Bertz CT molecular complexity index is 8440. The fourth-order valence-electron chi connectivity index (χ4n) is 18.2. The van der Waals surface area contributed by atoms with Crippen molar-refractivity contribution in [1.82, 2.24) is 29.9 Å². The Morgan fingerprint density at radius 2 is 0.304 bits per heavy atom. The Morgan fingerprint density at radius 1 is 0.119 bits per heavy atom. The van der Waals surface area contributed by atoms with Gasteiger partial charge in [-0.15, -0.1) is 34.0 Å². The molecule has 6 aromatic heterocycles. The zero-order chi connectivity index (χ0) is 89.8. The van der Waals surface area contributed by atoms with Crippen LogP contribution in [0.3, 0.4) is 0 Å². The number of fused-ring (bicyclic) bond motifs is 9. The van der Waals surface area contributed by atoms with Gasteiger partial charge in [0, 0.05) is 79.8 Å². The summed E-state index contributed by atoms with van der Waals surface area (Å²) in [6.45, 7) is 0. The molecule has 0 N–H and O–H groups in total. The molecule has 0 saturated heterocycles. The molecule has 634 valence electrons. The van der Waals surface area contributed by atoms with Crippen LogP contribution in [0, 0.1) is 0 Å². The number of nitrogens with zero attached hydrogens (tertiary/aromatic N) is 6. The molecule has 25 aromatic rings. The molecule has 25 rings (SSSR count). The lowest BCUT2D eigenvalue weighted by Gasteiger charge is -2.13. The summed E-state index contributed by atoms with van der Waals surface area (Å²) in [5, 5.41) is 6.87. The third kappa shape index (κ3) is 17.2. The lowest BCUT2D eigenvalue weighted by Crippen LogP contribution is -1.95. The van der Waals surface area contributed by atoms with Crippen molar-refractivity contribution >= 4 is 94.9 Å². The second-order valence-electron chi connectivity index (χ2n) is 33.5. The summed E-state index contributed by atoms with van der Waals surface area (Å²) in [6, 6.07) is 176. The first-order valence-corrected chi connectivity index (χ1v) is 47.8. The van der Waals surface area contributed by atoms with Gasteiger partial charge >= 0.3 is 0 Å². The lowest BCUT2D eigenvalue weighted by molar-refractivity contribution is 1.24. The quantitative estimate of drug-likeness (QED) is 0.0959. The van der Waals surface area contributed by atoms with Crippen molar-refractivity contribution in [2.75, 3.05) is 0 Å². The van der Waals surface area contributed by atoms with E-state index < -0.39 is 0 Å². The van der Waals surface area contributed by atoms with Gasteiger partial charge in [0.25, 0.3) is 0 Å². The Labute approximate surface area is 795 Å². The number of hydrogen-bond acceptors (Lipinski definition) is 9. The van der Waals surface area contributed by atoms with Crippen molar-refractivity contribution in [3.8, 4) is 179 Å². The van der Waals surface area contributed by atoms with Gasteiger partial charge in [0.05, 0.1) is 17.1 Å². The number of hydrogen-bond donors (Lipinski definition) is 0. The topological polar surface area (TPSA) is 77.3 Å². The molecule has 0 spiro atoms. The van der Waals surface area contributed by atoms with Crippen molar-refractivity contribution in [1.29, 1.82) is 0 Å². The Kier molecular flexibility index (Phi) is 22.7. The third-order valence-corrected chi connectivity index (χ3v) is 28.1. The van der Waals surface area contributed by atoms with Gasteiger partial charge in [-0.05, 0) is 202 Å². The van der Waals surface area contributed by atoms with Crippen molar-refractivity contribution in [2.24, 2.45) is 0 Å². The van der Waals surface area contributed by atoms with Gasteiger partial charge in [0.1, 0.15) is 14.5 Å². The first-order valence-electron chi connectivity index (χ1n) is 45.3. The van der Waals surface area contributed by atoms with Gasteiger partial charge in [0.2, 0.25) is 0 Å². The van der Waals surface area contributed by atoms with Crippen LogP contribution in [0.4, 0.5) is 0 Å². The zero-order valence-corrected chi connectivity index (χ0v) is 75.7. The molecule has 9 heteroatoms. The maximum absolute atomic E-state index is 5.43. The van der Waals surface area contributed by atoms with Crippen LogP contribution in [0.15, 0.2) is 497 Å². The zero-order valence-electron chi connectivity index (χ0n) is 73.3. The van der Waals surface area contributed by atoms with E-state index in [1.807, 2.05) is 12.1 Å². The number of aromatic nitrogens is 6. The maximum Gasteiger partial charge on any atom is 0.161 e. The van der Waals surface area contributed by atoms with Gasteiger partial charge in [-0.2, -0.15) is 0 Å². The first-order chi connectivity index (χ1) is 66.9. The fraction of sp³-hybridized carbons (Fsp3) is 0. The van der Waals surface area contributed by atoms with E-state index in [0.29, 0.717) is 0 Å². The predicted octanol–water partition coefficient (Wildman–Crippen LogP) is 35.2. The second-order valence-corrected chi connectivity index (χ2v) is 36.6. The van der Waals surface area contributed by atoms with E-state index in [0.717, 1.165) is 154 Å². The molecule has 0 bridgehead atoms. The van der Waals surface area contributed by atoms with E-state index in [9.17, 15) is 0 Å². The first kappa shape index (κ1) is 82.5. The summed E-state index contributed by atoms with van der Waals surface area (Å²) in [6.07, 6.45) is 0. The molecule has 6 nitrogen and oxygen atoms in total. The summed E-state index contributed by atoms with van der Waals surface area (Å²) in [5.74, 6) is 2.19. The van der Waals surface area contributed by atoms with Crippen LogP contribution in [0.2, 0.25) is 0 Å². The molecule has 0 aliphatic rings.